The molecular weight excluding hydrogens is 409 g/mol. The van der Waals surface area contributed by atoms with E-state index in [9.17, 15) is 27.9 Å². The first-order chi connectivity index (χ1) is 14.7. The average Bonchev–Trinajstić information content (AvgIpc) is 2.74. The van der Waals surface area contributed by atoms with E-state index in [1.165, 1.54) is 42.5 Å². The third-order valence-electron chi connectivity index (χ3n) is 4.19. The summed E-state index contributed by atoms with van der Waals surface area (Å²) in [5.41, 5.74) is 0.149. The maximum atomic E-state index is 12.8. The van der Waals surface area contributed by atoms with Crippen molar-refractivity contribution < 1.29 is 27.9 Å². The fourth-order valence-corrected chi connectivity index (χ4v) is 2.69. The second-order valence-electron chi connectivity index (χ2n) is 6.50. The summed E-state index contributed by atoms with van der Waals surface area (Å²) in [5, 5.41) is 14.6. The number of alkyl halides is 3. The number of phenols is 1. The Bertz CT molecular complexity index is 1140. The molecule has 0 aliphatic heterocycles. The number of halogens is 3. The lowest BCUT2D eigenvalue weighted by Gasteiger charge is -2.10. The molecule has 0 radical (unpaired) electrons. The molecule has 31 heavy (non-hydrogen) atoms. The number of hydrogen-bond donors (Lipinski definition) is 3. The molecule has 2 amide bonds. The fraction of sp³-hybridized carbons (Fsp3) is 0.0435. The molecule has 0 bridgehead atoms. The number of carbonyl (C=O) groups is 2. The third kappa shape index (κ3) is 5.96. The Labute approximate surface area is 175 Å². The van der Waals surface area contributed by atoms with Gasteiger partial charge in [0, 0.05) is 17.3 Å². The molecule has 3 aromatic rings. The first-order valence-corrected chi connectivity index (χ1v) is 9.08. The van der Waals surface area contributed by atoms with Crippen LogP contribution in [-0.2, 0) is 11.0 Å². The van der Waals surface area contributed by atoms with Gasteiger partial charge < -0.3 is 15.7 Å². The fourth-order valence-electron chi connectivity index (χ4n) is 2.69. The van der Waals surface area contributed by atoms with Crippen LogP contribution in [0.15, 0.2) is 78.9 Å². The Morgan fingerprint density at radius 2 is 1.61 bits per heavy atom. The van der Waals surface area contributed by atoms with Gasteiger partial charge >= 0.3 is 6.18 Å². The zero-order chi connectivity index (χ0) is 22.4. The quantitative estimate of drug-likeness (QED) is 0.382. The zero-order valence-corrected chi connectivity index (χ0v) is 16.0. The number of carbonyl (C=O) groups excluding carboxylic acids is 2. The Kier molecular flexibility index (Phi) is 6.40. The Morgan fingerprint density at radius 3 is 2.35 bits per heavy atom. The number of hydrogen-bond acceptors (Lipinski definition) is 3. The minimum Gasteiger partial charge on any atom is -0.506 e. The summed E-state index contributed by atoms with van der Waals surface area (Å²) in [4.78, 5) is 24.5. The highest BCUT2D eigenvalue weighted by Crippen LogP contribution is 2.30. The summed E-state index contributed by atoms with van der Waals surface area (Å²) in [6.07, 6.45) is -1.81. The number of nitrogens with one attached hydrogen (secondary N) is 2. The standard InChI is InChI=1S/C23H17F3N2O3/c24-23(25,26)17-7-4-8-18(14-17)27-22(31)16-6-3-5-15(13-16)11-12-21(30)28-19-9-1-2-10-20(19)29/h1-14,29H,(H,27,31)(H,28,30)/b12-11+. The monoisotopic (exact) mass is 426 g/mol. The van der Waals surface area contributed by atoms with Crippen molar-refractivity contribution in [2.45, 2.75) is 6.18 Å². The van der Waals surface area contributed by atoms with Crippen LogP contribution < -0.4 is 10.6 Å². The number of para-hydroxylation sites is 2. The summed E-state index contributed by atoms with van der Waals surface area (Å²) >= 11 is 0. The van der Waals surface area contributed by atoms with Crippen molar-refractivity contribution >= 4 is 29.3 Å². The van der Waals surface area contributed by atoms with Gasteiger partial charge in [0.05, 0.1) is 11.3 Å². The van der Waals surface area contributed by atoms with Gasteiger partial charge in [0.2, 0.25) is 5.91 Å². The first-order valence-electron chi connectivity index (χ1n) is 9.08. The number of rotatable bonds is 5. The van der Waals surface area contributed by atoms with E-state index >= 15 is 0 Å². The molecular formula is C23H17F3N2O3. The van der Waals surface area contributed by atoms with E-state index in [-0.39, 0.29) is 22.7 Å². The third-order valence-corrected chi connectivity index (χ3v) is 4.19. The van der Waals surface area contributed by atoms with E-state index < -0.39 is 23.6 Å². The second kappa shape index (κ2) is 9.17. The average molecular weight is 426 g/mol. The maximum absolute atomic E-state index is 12.8. The van der Waals surface area contributed by atoms with Gasteiger partial charge in [0.15, 0.2) is 0 Å². The summed E-state index contributed by atoms with van der Waals surface area (Å²) in [6.45, 7) is 0. The van der Waals surface area contributed by atoms with Crippen molar-refractivity contribution in [2.24, 2.45) is 0 Å². The number of phenolic OH excluding ortho intramolecular Hbond substituents is 1. The molecule has 3 rings (SSSR count). The van der Waals surface area contributed by atoms with Crippen molar-refractivity contribution in [3.8, 4) is 5.75 Å². The van der Waals surface area contributed by atoms with Crippen LogP contribution in [0.4, 0.5) is 24.5 Å². The molecule has 0 aromatic heterocycles. The lowest BCUT2D eigenvalue weighted by molar-refractivity contribution is -0.137. The summed E-state index contributed by atoms with van der Waals surface area (Å²) in [6, 6.07) is 16.8. The van der Waals surface area contributed by atoms with Gasteiger partial charge in [-0.05, 0) is 54.1 Å². The van der Waals surface area contributed by atoms with Crippen LogP contribution in [0.3, 0.4) is 0 Å². The lowest BCUT2D eigenvalue weighted by Crippen LogP contribution is -2.13. The van der Waals surface area contributed by atoms with E-state index in [1.54, 1.807) is 30.3 Å². The highest BCUT2D eigenvalue weighted by molar-refractivity contribution is 6.05. The summed E-state index contributed by atoms with van der Waals surface area (Å²) in [7, 11) is 0. The minimum absolute atomic E-state index is 0.0165. The minimum atomic E-state index is -4.51. The van der Waals surface area contributed by atoms with Gasteiger partial charge in [-0.25, -0.2) is 0 Å². The second-order valence-corrected chi connectivity index (χ2v) is 6.50. The first kappa shape index (κ1) is 21.6. The number of aromatic hydroxyl groups is 1. The normalized spacial score (nSPS) is 11.3. The molecule has 8 heteroatoms. The number of benzene rings is 3. The Morgan fingerprint density at radius 1 is 0.871 bits per heavy atom. The molecule has 158 valence electrons. The maximum Gasteiger partial charge on any atom is 0.416 e. The SMILES string of the molecule is O=C(/C=C/c1cccc(C(=O)Nc2cccc(C(F)(F)F)c2)c1)Nc1ccccc1O. The van der Waals surface area contributed by atoms with Gasteiger partial charge in [-0.3, -0.25) is 9.59 Å². The van der Waals surface area contributed by atoms with Crippen LogP contribution in [0.25, 0.3) is 6.08 Å². The van der Waals surface area contributed by atoms with Crippen molar-refractivity contribution in [3.63, 3.8) is 0 Å². The molecule has 5 nitrogen and oxygen atoms in total. The molecule has 0 aliphatic rings. The summed E-state index contributed by atoms with van der Waals surface area (Å²) < 4.78 is 38.5. The topological polar surface area (TPSA) is 78.4 Å². The van der Waals surface area contributed by atoms with Crippen LogP contribution >= 0.6 is 0 Å². The van der Waals surface area contributed by atoms with Gasteiger partial charge in [-0.15, -0.1) is 0 Å². The molecule has 3 N–H and O–H groups in total. The van der Waals surface area contributed by atoms with Crippen LogP contribution in [0, 0.1) is 0 Å². The molecule has 0 atom stereocenters. The van der Waals surface area contributed by atoms with Crippen LogP contribution in [0.1, 0.15) is 21.5 Å². The Balaban J connectivity index is 1.68. The molecule has 3 aromatic carbocycles. The number of amides is 2. The largest absolute Gasteiger partial charge is 0.506 e. The molecule has 0 saturated heterocycles. The van der Waals surface area contributed by atoms with Crippen molar-refractivity contribution in [3.05, 3.63) is 95.6 Å². The van der Waals surface area contributed by atoms with E-state index in [0.29, 0.717) is 5.56 Å². The molecule has 0 saturated carbocycles. The van der Waals surface area contributed by atoms with Crippen molar-refractivity contribution in [2.75, 3.05) is 10.6 Å². The predicted molar refractivity (Wildman–Crippen MR) is 112 cm³/mol. The molecule has 0 heterocycles. The predicted octanol–water partition coefficient (Wildman–Crippen LogP) is 5.32. The van der Waals surface area contributed by atoms with Gasteiger partial charge in [0.1, 0.15) is 5.75 Å². The highest BCUT2D eigenvalue weighted by atomic mass is 19.4. The molecule has 0 fully saturated rings. The van der Waals surface area contributed by atoms with Crippen LogP contribution in [-0.4, -0.2) is 16.9 Å². The van der Waals surface area contributed by atoms with Crippen LogP contribution in [0.5, 0.6) is 5.75 Å². The number of anilines is 2. The van der Waals surface area contributed by atoms with Crippen molar-refractivity contribution in [1.29, 1.82) is 0 Å². The van der Waals surface area contributed by atoms with E-state index in [4.69, 9.17) is 0 Å². The lowest BCUT2D eigenvalue weighted by atomic mass is 10.1. The van der Waals surface area contributed by atoms with Gasteiger partial charge in [-0.1, -0.05) is 30.3 Å². The molecule has 0 unspecified atom stereocenters. The van der Waals surface area contributed by atoms with Crippen LogP contribution in [0.2, 0.25) is 0 Å². The highest BCUT2D eigenvalue weighted by Gasteiger charge is 2.30. The van der Waals surface area contributed by atoms with Gasteiger partial charge in [0.25, 0.3) is 5.91 Å². The zero-order valence-electron chi connectivity index (χ0n) is 16.0. The van der Waals surface area contributed by atoms with Crippen molar-refractivity contribution in [1.82, 2.24) is 0 Å². The molecule has 0 spiro atoms. The molecule has 0 aliphatic carbocycles. The summed E-state index contributed by atoms with van der Waals surface area (Å²) in [5.74, 6) is -1.15. The smallest absolute Gasteiger partial charge is 0.416 e. The van der Waals surface area contributed by atoms with E-state index in [0.717, 1.165) is 12.1 Å². The Hall–Kier alpha value is -4.07. The van der Waals surface area contributed by atoms with Gasteiger partial charge in [-0.2, -0.15) is 13.2 Å². The van der Waals surface area contributed by atoms with E-state index in [2.05, 4.69) is 10.6 Å². The van der Waals surface area contributed by atoms with E-state index in [1.807, 2.05) is 0 Å².